The summed E-state index contributed by atoms with van der Waals surface area (Å²) in [6.07, 6.45) is 7.82. The van der Waals surface area contributed by atoms with E-state index in [0.717, 1.165) is 0 Å². The Morgan fingerprint density at radius 3 is 1.83 bits per heavy atom. The number of fused-ring (bicyclic) bond motifs is 6. The standard InChI is InChI=1S/C63H53N/c1-41-39-54(43-22-8-7-9-23-43)63(6)52-33-15-17-36-56(52)64(55-35-16-13-28-48(55)45-26-18-25-44(40-45)47-30-19-24-42-21-10-11-27-46(42)47)62(5)38-37-61(4,57(41)59(62)63)53-34-20-31-50-49-29-12-14-32-51(49)60(2,3)58(50)53/h7-41H,1-6H3. The first-order valence-corrected chi connectivity index (χ1v) is 23.1. The number of nitrogens with zero attached hydrogens (tertiary/aromatic N) is 1. The summed E-state index contributed by atoms with van der Waals surface area (Å²) in [4.78, 5) is 2.70. The van der Waals surface area contributed by atoms with Gasteiger partial charge in [0.1, 0.15) is 0 Å². The monoisotopic (exact) mass is 823 g/mol. The van der Waals surface area contributed by atoms with Crippen LogP contribution in [0.25, 0.3) is 49.7 Å². The van der Waals surface area contributed by atoms with Crippen LogP contribution in [-0.4, -0.2) is 5.54 Å². The molecule has 8 aromatic rings. The molecule has 8 aromatic carbocycles. The summed E-state index contributed by atoms with van der Waals surface area (Å²) in [7, 11) is 0. The van der Waals surface area contributed by atoms with Gasteiger partial charge in [0, 0.05) is 27.5 Å². The van der Waals surface area contributed by atoms with Crippen molar-refractivity contribution in [1.82, 2.24) is 0 Å². The molecule has 1 heterocycles. The number of rotatable bonds is 5. The number of allylic oxidation sites excluding steroid dienone is 4. The summed E-state index contributed by atoms with van der Waals surface area (Å²) in [5.74, 6) is 0.162. The van der Waals surface area contributed by atoms with E-state index in [1.54, 1.807) is 0 Å². The van der Waals surface area contributed by atoms with Gasteiger partial charge in [-0.2, -0.15) is 0 Å². The van der Waals surface area contributed by atoms with Gasteiger partial charge >= 0.3 is 0 Å². The van der Waals surface area contributed by atoms with Crippen molar-refractivity contribution in [1.29, 1.82) is 0 Å². The molecule has 0 bridgehead atoms. The van der Waals surface area contributed by atoms with E-state index >= 15 is 0 Å². The second-order valence-electron chi connectivity index (χ2n) is 19.7. The maximum atomic E-state index is 2.70. The molecule has 4 aliphatic rings. The normalized spacial score (nSPS) is 23.6. The van der Waals surface area contributed by atoms with Gasteiger partial charge in [0.05, 0.1) is 11.2 Å². The number of benzene rings is 8. The van der Waals surface area contributed by atoms with Crippen LogP contribution in [-0.2, 0) is 16.2 Å². The number of hydrogen-bond acceptors (Lipinski definition) is 1. The molecule has 12 rings (SSSR count). The zero-order valence-electron chi connectivity index (χ0n) is 37.7. The molecule has 0 fully saturated rings. The summed E-state index contributed by atoms with van der Waals surface area (Å²) < 4.78 is 0. The lowest BCUT2D eigenvalue weighted by molar-refractivity contribution is 0.446. The van der Waals surface area contributed by atoms with Crippen molar-refractivity contribution >= 4 is 27.7 Å². The molecule has 310 valence electrons. The van der Waals surface area contributed by atoms with E-state index in [1.165, 1.54) is 100 Å². The Hall–Kier alpha value is -6.96. The summed E-state index contributed by atoms with van der Waals surface area (Å²) in [5.41, 5.74) is 19.9. The van der Waals surface area contributed by atoms with Gasteiger partial charge in [-0.3, -0.25) is 0 Å². The van der Waals surface area contributed by atoms with Gasteiger partial charge in [0.15, 0.2) is 0 Å². The quantitative estimate of drug-likeness (QED) is 0.156. The zero-order chi connectivity index (χ0) is 43.6. The summed E-state index contributed by atoms with van der Waals surface area (Å²) in [5, 5.41) is 2.53. The van der Waals surface area contributed by atoms with Gasteiger partial charge in [-0.1, -0.05) is 209 Å². The predicted molar refractivity (Wildman–Crippen MR) is 270 cm³/mol. The highest BCUT2D eigenvalue weighted by molar-refractivity contribution is 5.99. The lowest BCUT2D eigenvalue weighted by Crippen LogP contribution is -2.59. The molecule has 0 aromatic heterocycles. The topological polar surface area (TPSA) is 3.24 Å². The number of hydrogen-bond donors (Lipinski definition) is 0. The number of anilines is 2. The third-order valence-corrected chi connectivity index (χ3v) is 15.8. The van der Waals surface area contributed by atoms with Gasteiger partial charge in [0.2, 0.25) is 0 Å². The molecule has 1 nitrogen and oxygen atoms in total. The Bertz CT molecular complexity index is 3320. The summed E-state index contributed by atoms with van der Waals surface area (Å²) in [6.45, 7) is 14.9. The van der Waals surface area contributed by atoms with Crippen LogP contribution in [0.2, 0.25) is 0 Å². The highest BCUT2D eigenvalue weighted by Gasteiger charge is 2.60. The van der Waals surface area contributed by atoms with Crippen LogP contribution < -0.4 is 4.90 Å². The average molecular weight is 824 g/mol. The van der Waals surface area contributed by atoms with Crippen molar-refractivity contribution < 1.29 is 0 Å². The molecular formula is C63H53N. The highest BCUT2D eigenvalue weighted by atomic mass is 15.2. The molecule has 0 saturated heterocycles. The molecule has 64 heavy (non-hydrogen) atoms. The third-order valence-electron chi connectivity index (χ3n) is 15.8. The Morgan fingerprint density at radius 1 is 0.453 bits per heavy atom. The molecule has 1 heteroatoms. The van der Waals surface area contributed by atoms with Gasteiger partial charge in [-0.15, -0.1) is 0 Å². The van der Waals surface area contributed by atoms with Crippen LogP contribution >= 0.6 is 0 Å². The summed E-state index contributed by atoms with van der Waals surface area (Å²) in [6, 6.07) is 70.4. The fourth-order valence-corrected chi connectivity index (χ4v) is 13.1. The molecule has 3 aliphatic carbocycles. The van der Waals surface area contributed by atoms with Crippen LogP contribution in [0.5, 0.6) is 0 Å². The van der Waals surface area contributed by atoms with E-state index in [9.17, 15) is 0 Å². The molecule has 0 N–H and O–H groups in total. The second kappa shape index (κ2) is 13.8. The van der Waals surface area contributed by atoms with Gasteiger partial charge in [0.25, 0.3) is 0 Å². The van der Waals surface area contributed by atoms with Crippen LogP contribution in [0, 0.1) is 5.92 Å². The van der Waals surface area contributed by atoms with E-state index in [2.05, 4.69) is 253 Å². The van der Waals surface area contributed by atoms with Gasteiger partial charge < -0.3 is 4.90 Å². The Labute approximate surface area is 378 Å². The predicted octanol–water partition coefficient (Wildman–Crippen LogP) is 16.2. The minimum atomic E-state index is -0.528. The number of para-hydroxylation sites is 2. The Morgan fingerprint density at radius 2 is 1.02 bits per heavy atom. The molecule has 0 saturated carbocycles. The fourth-order valence-electron chi connectivity index (χ4n) is 13.1. The fraction of sp³-hybridized carbons (Fsp3) is 0.175. The van der Waals surface area contributed by atoms with E-state index in [0.29, 0.717) is 0 Å². The molecule has 4 unspecified atom stereocenters. The lowest BCUT2D eigenvalue weighted by Gasteiger charge is -2.61. The van der Waals surface area contributed by atoms with Crippen LogP contribution in [0.3, 0.4) is 0 Å². The van der Waals surface area contributed by atoms with E-state index in [4.69, 9.17) is 0 Å². The van der Waals surface area contributed by atoms with Crippen molar-refractivity contribution in [3.63, 3.8) is 0 Å². The maximum Gasteiger partial charge on any atom is 0.0833 e. The lowest BCUT2D eigenvalue weighted by atomic mass is 9.49. The Balaban J connectivity index is 1.12. The first-order chi connectivity index (χ1) is 31.0. The van der Waals surface area contributed by atoms with Crippen molar-refractivity contribution in [2.75, 3.05) is 4.90 Å². The van der Waals surface area contributed by atoms with E-state index < -0.39 is 11.0 Å². The van der Waals surface area contributed by atoms with Crippen molar-refractivity contribution in [3.05, 3.63) is 245 Å². The molecule has 0 amide bonds. The van der Waals surface area contributed by atoms with E-state index in [1.807, 2.05) is 0 Å². The molecule has 0 spiro atoms. The highest BCUT2D eigenvalue weighted by Crippen LogP contribution is 2.67. The molecule has 4 atom stereocenters. The van der Waals surface area contributed by atoms with E-state index in [-0.39, 0.29) is 16.7 Å². The van der Waals surface area contributed by atoms with Crippen molar-refractivity contribution in [2.45, 2.75) is 63.3 Å². The minimum absolute atomic E-state index is 0.150. The van der Waals surface area contributed by atoms with Gasteiger partial charge in [-0.05, 0) is 128 Å². The first-order valence-electron chi connectivity index (χ1n) is 23.1. The minimum Gasteiger partial charge on any atom is -0.327 e. The molecule has 1 aliphatic heterocycles. The average Bonchev–Trinajstić information content (AvgIpc) is 3.57. The Kier molecular flexibility index (Phi) is 8.32. The SMILES string of the molecule is CC1C=C(c2ccccc2)C2(C)C3=C1C(C)(c1cccc4c1C(C)(C)c1ccccc1-4)C=CC3(C)N(c1ccccc1-c1cccc(-c3cccc4ccccc34)c1)c1ccccc12. The second-order valence-corrected chi connectivity index (χ2v) is 19.7. The first kappa shape index (κ1) is 38.7. The molecule has 0 radical (unpaired) electrons. The van der Waals surface area contributed by atoms with Crippen molar-refractivity contribution in [3.8, 4) is 33.4 Å². The smallest absolute Gasteiger partial charge is 0.0833 e. The maximum absolute atomic E-state index is 2.70. The van der Waals surface area contributed by atoms with Crippen LogP contribution in [0.4, 0.5) is 11.4 Å². The van der Waals surface area contributed by atoms with Crippen LogP contribution in [0.15, 0.2) is 217 Å². The summed E-state index contributed by atoms with van der Waals surface area (Å²) >= 11 is 0. The van der Waals surface area contributed by atoms with Crippen molar-refractivity contribution in [2.24, 2.45) is 5.92 Å². The van der Waals surface area contributed by atoms with Crippen LogP contribution in [0.1, 0.15) is 69.4 Å². The largest absolute Gasteiger partial charge is 0.327 e. The zero-order valence-corrected chi connectivity index (χ0v) is 37.7. The third kappa shape index (κ3) is 5.19. The van der Waals surface area contributed by atoms with Gasteiger partial charge in [-0.25, -0.2) is 0 Å². The molecular weight excluding hydrogens is 771 g/mol.